The molecule has 0 amide bonds. The first-order valence-corrected chi connectivity index (χ1v) is 6.55. The molecule has 0 saturated heterocycles. The fraction of sp³-hybridized carbons (Fsp3) is 0.667. The summed E-state index contributed by atoms with van der Waals surface area (Å²) in [6.45, 7) is 12.7. The lowest BCUT2D eigenvalue weighted by Crippen LogP contribution is -2.07. The molecule has 108 valence electrons. The highest BCUT2D eigenvalue weighted by atomic mass is 16.5. The van der Waals surface area contributed by atoms with Gasteiger partial charge in [-0.05, 0) is 20.3 Å². The van der Waals surface area contributed by atoms with E-state index >= 15 is 0 Å². The van der Waals surface area contributed by atoms with Gasteiger partial charge in [0, 0.05) is 6.42 Å². The molecule has 0 unspecified atom stereocenters. The number of allylic oxidation sites excluding steroid dienone is 2. The van der Waals surface area contributed by atoms with Gasteiger partial charge in [0.1, 0.15) is 6.61 Å². The van der Waals surface area contributed by atoms with E-state index < -0.39 is 0 Å². The summed E-state index contributed by atoms with van der Waals surface area (Å²) < 4.78 is 4.68. The van der Waals surface area contributed by atoms with Gasteiger partial charge in [-0.25, -0.2) is 0 Å². The topological polar surface area (TPSA) is 46.5 Å². The quantitative estimate of drug-likeness (QED) is 0.428. The van der Waals surface area contributed by atoms with Crippen LogP contribution in [0.5, 0.6) is 0 Å². The Labute approximate surface area is 113 Å². The Balaban J connectivity index is -0.000000315. The number of unbranched alkanes of at least 4 members (excludes halogenated alkanes) is 3. The number of hydrogen-bond acceptors (Lipinski definition) is 3. The van der Waals surface area contributed by atoms with Gasteiger partial charge in [0.05, 0.1) is 6.61 Å². The minimum absolute atomic E-state index is 0.0826. The third-order valence-corrected chi connectivity index (χ3v) is 1.59. The van der Waals surface area contributed by atoms with E-state index in [2.05, 4.69) is 24.8 Å². The molecule has 0 saturated carbocycles. The molecule has 0 aromatic rings. The molecule has 18 heavy (non-hydrogen) atoms. The zero-order valence-corrected chi connectivity index (χ0v) is 12.3. The molecule has 0 heterocycles. The molecular formula is C15H30O3. The van der Waals surface area contributed by atoms with Gasteiger partial charge in [-0.15, -0.1) is 13.2 Å². The number of esters is 1. The molecule has 0 radical (unpaired) electrons. The number of aliphatic hydroxyl groups excluding tert-OH is 1. The first-order valence-electron chi connectivity index (χ1n) is 6.55. The third-order valence-electron chi connectivity index (χ3n) is 1.59. The number of carbonyl (C=O) groups is 1. The van der Waals surface area contributed by atoms with Crippen LogP contribution in [0.15, 0.2) is 25.3 Å². The van der Waals surface area contributed by atoms with Crippen molar-refractivity contribution in [1.82, 2.24) is 0 Å². The SMILES string of the molecule is C=CC.C=CC.CCCCCCC(=O)OCCO. The van der Waals surface area contributed by atoms with E-state index in [1.54, 1.807) is 12.2 Å². The maximum atomic E-state index is 10.8. The Kier molecular flexibility index (Phi) is 30.6. The highest BCUT2D eigenvalue weighted by Crippen LogP contribution is 2.02. The summed E-state index contributed by atoms with van der Waals surface area (Å²) >= 11 is 0. The van der Waals surface area contributed by atoms with Gasteiger partial charge < -0.3 is 9.84 Å². The second kappa shape index (κ2) is 24.9. The van der Waals surface area contributed by atoms with Crippen LogP contribution in [0.2, 0.25) is 0 Å². The molecule has 0 aromatic carbocycles. The highest BCUT2D eigenvalue weighted by Gasteiger charge is 2.00. The number of carbonyl (C=O) groups excluding carboxylic acids is 1. The van der Waals surface area contributed by atoms with Crippen molar-refractivity contribution in [3.63, 3.8) is 0 Å². The highest BCUT2D eigenvalue weighted by molar-refractivity contribution is 5.69. The maximum Gasteiger partial charge on any atom is 0.305 e. The zero-order valence-electron chi connectivity index (χ0n) is 12.3. The van der Waals surface area contributed by atoms with Crippen molar-refractivity contribution < 1.29 is 14.6 Å². The Hall–Kier alpha value is -1.09. The number of hydrogen-bond donors (Lipinski definition) is 1. The third kappa shape index (κ3) is 36.3. The van der Waals surface area contributed by atoms with Gasteiger partial charge in [-0.3, -0.25) is 4.79 Å². The molecule has 1 N–H and O–H groups in total. The predicted octanol–water partition coefficient (Wildman–Crippen LogP) is 3.88. The predicted molar refractivity (Wildman–Crippen MR) is 78.5 cm³/mol. The van der Waals surface area contributed by atoms with Gasteiger partial charge in [0.15, 0.2) is 0 Å². The first-order chi connectivity index (χ1) is 8.64. The Morgan fingerprint density at radius 3 is 2.06 bits per heavy atom. The van der Waals surface area contributed by atoms with Crippen LogP contribution in [0.1, 0.15) is 52.9 Å². The maximum absolute atomic E-state index is 10.8. The summed E-state index contributed by atoms with van der Waals surface area (Å²) in [5.41, 5.74) is 0. The van der Waals surface area contributed by atoms with Crippen molar-refractivity contribution in [2.75, 3.05) is 13.2 Å². The Morgan fingerprint density at radius 1 is 1.17 bits per heavy atom. The van der Waals surface area contributed by atoms with Crippen molar-refractivity contribution in [2.45, 2.75) is 52.9 Å². The number of aliphatic hydroxyl groups is 1. The van der Waals surface area contributed by atoms with Crippen molar-refractivity contribution in [2.24, 2.45) is 0 Å². The normalized spacial score (nSPS) is 8.00. The molecule has 0 aliphatic rings. The number of rotatable bonds is 7. The van der Waals surface area contributed by atoms with Crippen LogP contribution in [0, 0.1) is 0 Å². The summed E-state index contributed by atoms with van der Waals surface area (Å²) in [5, 5.41) is 8.35. The minimum Gasteiger partial charge on any atom is -0.463 e. The van der Waals surface area contributed by atoms with Gasteiger partial charge in [0.25, 0.3) is 0 Å². The second-order valence-corrected chi connectivity index (χ2v) is 3.57. The monoisotopic (exact) mass is 258 g/mol. The zero-order chi connectivity index (χ0) is 14.6. The molecule has 0 aliphatic carbocycles. The lowest BCUT2D eigenvalue weighted by Gasteiger charge is -2.01. The van der Waals surface area contributed by atoms with E-state index in [1.807, 2.05) is 13.8 Å². The van der Waals surface area contributed by atoms with Crippen LogP contribution in [-0.2, 0) is 9.53 Å². The Bertz CT molecular complexity index is 171. The van der Waals surface area contributed by atoms with Crippen LogP contribution >= 0.6 is 0 Å². The minimum atomic E-state index is -0.194. The molecule has 0 atom stereocenters. The summed E-state index contributed by atoms with van der Waals surface area (Å²) in [7, 11) is 0. The fourth-order valence-electron chi connectivity index (χ4n) is 0.928. The van der Waals surface area contributed by atoms with E-state index in [0.29, 0.717) is 6.42 Å². The molecule has 3 heteroatoms. The van der Waals surface area contributed by atoms with Crippen LogP contribution in [-0.4, -0.2) is 24.3 Å². The van der Waals surface area contributed by atoms with Crippen LogP contribution in [0.4, 0.5) is 0 Å². The number of ether oxygens (including phenoxy) is 1. The van der Waals surface area contributed by atoms with E-state index in [-0.39, 0.29) is 19.2 Å². The van der Waals surface area contributed by atoms with Gasteiger partial charge >= 0.3 is 5.97 Å². The summed E-state index contributed by atoms with van der Waals surface area (Å²) in [6.07, 6.45) is 8.32. The van der Waals surface area contributed by atoms with Gasteiger partial charge in [-0.2, -0.15) is 0 Å². The van der Waals surface area contributed by atoms with Gasteiger partial charge in [-0.1, -0.05) is 38.3 Å². The second-order valence-electron chi connectivity index (χ2n) is 3.57. The summed E-state index contributed by atoms with van der Waals surface area (Å²) in [5.74, 6) is -0.194. The molecule has 0 spiro atoms. The fourth-order valence-corrected chi connectivity index (χ4v) is 0.928. The molecule has 3 nitrogen and oxygen atoms in total. The Morgan fingerprint density at radius 2 is 1.67 bits per heavy atom. The van der Waals surface area contributed by atoms with Crippen molar-refractivity contribution >= 4 is 5.97 Å². The van der Waals surface area contributed by atoms with E-state index in [4.69, 9.17) is 5.11 Å². The lowest BCUT2D eigenvalue weighted by molar-refractivity contribution is -0.144. The van der Waals surface area contributed by atoms with Crippen LogP contribution in [0.3, 0.4) is 0 Å². The summed E-state index contributed by atoms with van der Waals surface area (Å²) in [6, 6.07) is 0. The van der Waals surface area contributed by atoms with Gasteiger partial charge in [0.2, 0.25) is 0 Å². The van der Waals surface area contributed by atoms with Crippen LogP contribution in [0.25, 0.3) is 0 Å². The molecule has 0 aliphatic heterocycles. The molecule has 0 rings (SSSR count). The molecular weight excluding hydrogens is 228 g/mol. The lowest BCUT2D eigenvalue weighted by atomic mass is 10.2. The molecule has 0 aromatic heterocycles. The van der Waals surface area contributed by atoms with E-state index in [9.17, 15) is 4.79 Å². The average Bonchev–Trinajstić information content (AvgIpc) is 2.34. The van der Waals surface area contributed by atoms with Crippen molar-refractivity contribution in [3.05, 3.63) is 25.3 Å². The van der Waals surface area contributed by atoms with E-state index in [1.165, 1.54) is 12.8 Å². The molecule has 0 fully saturated rings. The smallest absolute Gasteiger partial charge is 0.305 e. The average molecular weight is 258 g/mol. The van der Waals surface area contributed by atoms with Crippen LogP contribution < -0.4 is 0 Å². The summed E-state index contributed by atoms with van der Waals surface area (Å²) in [4.78, 5) is 10.8. The first kappa shape index (κ1) is 22.1. The standard InChI is InChI=1S/C9H18O3.2C3H6/c1-2-3-4-5-6-9(11)12-8-7-10;2*1-3-2/h10H,2-8H2,1H3;2*3H,1H2,2H3. The van der Waals surface area contributed by atoms with E-state index in [0.717, 1.165) is 12.8 Å². The van der Waals surface area contributed by atoms with Crippen molar-refractivity contribution in [1.29, 1.82) is 0 Å². The molecule has 0 bridgehead atoms. The van der Waals surface area contributed by atoms with Crippen molar-refractivity contribution in [3.8, 4) is 0 Å². The largest absolute Gasteiger partial charge is 0.463 e.